The quantitative estimate of drug-likeness (QED) is 0.169. The fourth-order valence-corrected chi connectivity index (χ4v) is 3.20. The van der Waals surface area contributed by atoms with Gasteiger partial charge in [-0.2, -0.15) is 0 Å². The summed E-state index contributed by atoms with van der Waals surface area (Å²) in [6, 6.07) is 3.23. The molecule has 12 heteroatoms. The number of rotatable bonds is 14. The molecule has 1 aromatic rings. The number of benzene rings is 1. The number of carbonyl (C=O) groups excluding carboxylic acids is 3. The van der Waals surface area contributed by atoms with Crippen molar-refractivity contribution in [1.29, 1.82) is 0 Å². The zero-order chi connectivity index (χ0) is 26.7. The molecule has 6 atom stereocenters. The Bertz CT molecular complexity index is 893. The van der Waals surface area contributed by atoms with Gasteiger partial charge in [-0.1, -0.05) is 50.6 Å². The van der Waals surface area contributed by atoms with Crippen LogP contribution in [-0.2, 0) is 30.4 Å². The third kappa shape index (κ3) is 9.71. The summed E-state index contributed by atoms with van der Waals surface area (Å²) in [6.07, 6.45) is -1.61. The first-order valence-electron chi connectivity index (χ1n) is 11.2. The molecule has 1 aromatic carbocycles. The smallest absolute Gasteiger partial charge is 0.326 e. The standard InChI is InChI=1S/C23H34N4O8/c1-4-12(2)18(23(34)35)26-21(32)16(10-14-8-6-5-7-9-14)25-22(33)19(13(3)28)27-20(31)15(24)11-17(29)30/h5-9,12-13,15-16,18-19,28H,4,10-11,24H2,1-3H3,(H,25,33)(H,26,32)(H,27,31)(H,29,30)(H,34,35). The zero-order valence-corrected chi connectivity index (χ0v) is 19.9. The highest BCUT2D eigenvalue weighted by Gasteiger charge is 2.33. The highest BCUT2D eigenvalue weighted by molar-refractivity contribution is 5.95. The van der Waals surface area contributed by atoms with Gasteiger partial charge in [0.25, 0.3) is 0 Å². The van der Waals surface area contributed by atoms with Crippen molar-refractivity contribution in [1.82, 2.24) is 16.0 Å². The van der Waals surface area contributed by atoms with E-state index in [1.807, 2.05) is 0 Å². The van der Waals surface area contributed by atoms with Gasteiger partial charge in [0.1, 0.15) is 18.1 Å². The molecule has 12 nitrogen and oxygen atoms in total. The molecule has 0 aliphatic carbocycles. The van der Waals surface area contributed by atoms with Crippen LogP contribution in [0.2, 0.25) is 0 Å². The average Bonchev–Trinajstić information content (AvgIpc) is 2.79. The first-order valence-corrected chi connectivity index (χ1v) is 11.2. The largest absolute Gasteiger partial charge is 0.481 e. The minimum Gasteiger partial charge on any atom is -0.481 e. The number of hydrogen-bond donors (Lipinski definition) is 7. The molecular weight excluding hydrogens is 460 g/mol. The van der Waals surface area contributed by atoms with Gasteiger partial charge >= 0.3 is 11.9 Å². The summed E-state index contributed by atoms with van der Waals surface area (Å²) in [7, 11) is 0. The van der Waals surface area contributed by atoms with E-state index in [4.69, 9.17) is 10.8 Å². The predicted molar refractivity (Wildman–Crippen MR) is 125 cm³/mol. The van der Waals surface area contributed by atoms with E-state index in [0.717, 1.165) is 0 Å². The van der Waals surface area contributed by atoms with Crippen LogP contribution < -0.4 is 21.7 Å². The second-order valence-electron chi connectivity index (χ2n) is 8.39. The minimum atomic E-state index is -1.54. The number of nitrogens with one attached hydrogen (secondary N) is 3. The molecule has 194 valence electrons. The molecule has 0 aliphatic heterocycles. The third-order valence-electron chi connectivity index (χ3n) is 5.49. The molecule has 0 spiro atoms. The van der Waals surface area contributed by atoms with E-state index in [1.54, 1.807) is 44.2 Å². The number of aliphatic hydroxyl groups is 1. The van der Waals surface area contributed by atoms with Gasteiger partial charge < -0.3 is 37.0 Å². The lowest BCUT2D eigenvalue weighted by atomic mass is 9.98. The zero-order valence-electron chi connectivity index (χ0n) is 19.9. The lowest BCUT2D eigenvalue weighted by Gasteiger charge is -2.27. The number of carboxylic acid groups (broad SMARTS) is 2. The van der Waals surface area contributed by atoms with Gasteiger partial charge in [-0.05, 0) is 18.4 Å². The third-order valence-corrected chi connectivity index (χ3v) is 5.49. The predicted octanol–water partition coefficient (Wildman–Crippen LogP) is -1.00. The molecule has 8 N–H and O–H groups in total. The molecule has 0 saturated carbocycles. The molecule has 0 aliphatic rings. The van der Waals surface area contributed by atoms with E-state index >= 15 is 0 Å². The molecule has 0 heterocycles. The second kappa shape index (κ2) is 14.0. The van der Waals surface area contributed by atoms with Gasteiger partial charge in [0, 0.05) is 6.42 Å². The lowest BCUT2D eigenvalue weighted by Crippen LogP contribution is -2.60. The van der Waals surface area contributed by atoms with Crippen molar-refractivity contribution in [2.75, 3.05) is 0 Å². The van der Waals surface area contributed by atoms with Crippen LogP contribution in [0, 0.1) is 5.92 Å². The molecule has 0 radical (unpaired) electrons. The van der Waals surface area contributed by atoms with E-state index in [1.165, 1.54) is 6.92 Å². The highest BCUT2D eigenvalue weighted by atomic mass is 16.4. The van der Waals surface area contributed by atoms with Gasteiger partial charge in [0.05, 0.1) is 18.6 Å². The van der Waals surface area contributed by atoms with E-state index in [9.17, 15) is 34.2 Å². The number of hydrogen-bond acceptors (Lipinski definition) is 7. The minimum absolute atomic E-state index is 0.00423. The number of amides is 3. The highest BCUT2D eigenvalue weighted by Crippen LogP contribution is 2.10. The van der Waals surface area contributed by atoms with Crippen LogP contribution in [0.15, 0.2) is 30.3 Å². The maximum Gasteiger partial charge on any atom is 0.326 e. The van der Waals surface area contributed by atoms with Crippen molar-refractivity contribution in [3.8, 4) is 0 Å². The van der Waals surface area contributed by atoms with E-state index in [0.29, 0.717) is 12.0 Å². The Kier molecular flexibility index (Phi) is 11.8. The van der Waals surface area contributed by atoms with Gasteiger partial charge in [-0.3, -0.25) is 19.2 Å². The number of carbonyl (C=O) groups is 5. The molecule has 3 amide bonds. The van der Waals surface area contributed by atoms with Gasteiger partial charge in [0.2, 0.25) is 17.7 Å². The van der Waals surface area contributed by atoms with Crippen LogP contribution in [0.5, 0.6) is 0 Å². The summed E-state index contributed by atoms with van der Waals surface area (Å²) in [5, 5.41) is 35.5. The van der Waals surface area contributed by atoms with Crippen LogP contribution in [-0.4, -0.2) is 75.3 Å². The Labute approximate surface area is 203 Å². The van der Waals surface area contributed by atoms with Crippen LogP contribution in [0.4, 0.5) is 0 Å². The molecule has 0 bridgehead atoms. The van der Waals surface area contributed by atoms with Crippen molar-refractivity contribution in [3.05, 3.63) is 35.9 Å². The summed E-state index contributed by atoms with van der Waals surface area (Å²) >= 11 is 0. The maximum atomic E-state index is 13.0. The Balaban J connectivity index is 3.11. The average molecular weight is 495 g/mol. The van der Waals surface area contributed by atoms with Crippen molar-refractivity contribution in [2.45, 2.75) is 70.3 Å². The Hall–Kier alpha value is -3.51. The van der Waals surface area contributed by atoms with Gasteiger partial charge in [-0.25, -0.2) is 4.79 Å². The summed E-state index contributed by atoms with van der Waals surface area (Å²) in [6.45, 7) is 4.67. The van der Waals surface area contributed by atoms with Crippen molar-refractivity contribution >= 4 is 29.7 Å². The second-order valence-corrected chi connectivity index (χ2v) is 8.39. The molecule has 0 saturated heterocycles. The van der Waals surface area contributed by atoms with Gasteiger partial charge in [0.15, 0.2) is 0 Å². The first kappa shape index (κ1) is 29.5. The normalized spacial score (nSPS) is 16.0. The molecule has 35 heavy (non-hydrogen) atoms. The fraction of sp³-hybridized carbons (Fsp3) is 0.522. The number of nitrogens with two attached hydrogens (primary N) is 1. The number of aliphatic hydroxyl groups excluding tert-OH is 1. The topological polar surface area (TPSA) is 208 Å². The number of aliphatic carboxylic acids is 2. The monoisotopic (exact) mass is 494 g/mol. The van der Waals surface area contributed by atoms with Crippen LogP contribution >= 0.6 is 0 Å². The van der Waals surface area contributed by atoms with Gasteiger partial charge in [-0.15, -0.1) is 0 Å². The van der Waals surface area contributed by atoms with Crippen LogP contribution in [0.3, 0.4) is 0 Å². The van der Waals surface area contributed by atoms with Crippen molar-refractivity contribution in [3.63, 3.8) is 0 Å². The molecule has 1 rings (SSSR count). The van der Waals surface area contributed by atoms with Crippen molar-refractivity contribution < 1.29 is 39.3 Å². The summed E-state index contributed by atoms with van der Waals surface area (Å²) in [4.78, 5) is 60.6. The van der Waals surface area contributed by atoms with E-state index in [-0.39, 0.29) is 12.3 Å². The molecule has 6 unspecified atom stereocenters. The Morgan fingerprint density at radius 1 is 0.886 bits per heavy atom. The molecule has 0 aromatic heterocycles. The van der Waals surface area contributed by atoms with Crippen LogP contribution in [0.25, 0.3) is 0 Å². The summed E-state index contributed by atoms with van der Waals surface area (Å²) in [5.74, 6) is -5.58. The molecule has 0 fully saturated rings. The SMILES string of the molecule is CCC(C)C(NC(=O)C(Cc1ccccc1)NC(=O)C(NC(=O)C(N)CC(=O)O)C(C)O)C(=O)O. The lowest BCUT2D eigenvalue weighted by molar-refractivity contribution is -0.144. The maximum absolute atomic E-state index is 13.0. The summed E-state index contributed by atoms with van der Waals surface area (Å²) < 4.78 is 0. The van der Waals surface area contributed by atoms with Crippen molar-refractivity contribution in [2.24, 2.45) is 11.7 Å². The van der Waals surface area contributed by atoms with E-state index in [2.05, 4.69) is 16.0 Å². The Morgan fingerprint density at radius 3 is 1.94 bits per heavy atom. The number of carboxylic acids is 2. The fourth-order valence-electron chi connectivity index (χ4n) is 3.20. The van der Waals surface area contributed by atoms with E-state index < -0.39 is 66.4 Å². The first-order chi connectivity index (χ1) is 16.4. The van der Waals surface area contributed by atoms with Crippen LogP contribution in [0.1, 0.15) is 39.2 Å². The molecular formula is C23H34N4O8. The summed E-state index contributed by atoms with van der Waals surface area (Å²) in [5.41, 5.74) is 6.19. The Morgan fingerprint density at radius 2 is 1.46 bits per heavy atom.